The van der Waals surface area contributed by atoms with Crippen LogP contribution in [0.1, 0.15) is 18.5 Å². The number of nitrogens with two attached hydrogens (primary N) is 1. The Hall–Kier alpha value is -2.33. The molecule has 0 aliphatic heterocycles. The van der Waals surface area contributed by atoms with Crippen LogP contribution in [0.2, 0.25) is 0 Å². The number of H-pyrrole nitrogens is 1. The van der Waals surface area contributed by atoms with E-state index in [4.69, 9.17) is 10.5 Å². The molecule has 0 saturated carbocycles. The van der Waals surface area contributed by atoms with Crippen molar-refractivity contribution in [3.8, 4) is 17.1 Å². The van der Waals surface area contributed by atoms with Crippen LogP contribution in [-0.4, -0.2) is 17.1 Å². The van der Waals surface area contributed by atoms with E-state index in [9.17, 15) is 0 Å². The van der Waals surface area contributed by atoms with Gasteiger partial charge in [-0.1, -0.05) is 6.07 Å². The molecule has 3 rings (SSSR count). The fraction of sp³-hybridized carbons (Fsp3) is 0.188. The molecule has 1 atom stereocenters. The van der Waals surface area contributed by atoms with E-state index in [1.54, 1.807) is 7.11 Å². The SMILES string of the molecule is COc1ccc(-c2nc3ccc(C(C)N)cc3[nH]2)cc1. The number of hydrogen-bond donors (Lipinski definition) is 2. The van der Waals surface area contributed by atoms with Crippen LogP contribution < -0.4 is 10.5 Å². The number of methoxy groups -OCH3 is 1. The van der Waals surface area contributed by atoms with Crippen molar-refractivity contribution in [1.29, 1.82) is 0 Å². The lowest BCUT2D eigenvalue weighted by molar-refractivity contribution is 0.415. The number of benzene rings is 2. The zero-order valence-corrected chi connectivity index (χ0v) is 11.6. The van der Waals surface area contributed by atoms with Gasteiger partial charge in [0.05, 0.1) is 18.1 Å². The van der Waals surface area contributed by atoms with Crippen LogP contribution in [0, 0.1) is 0 Å². The zero-order valence-electron chi connectivity index (χ0n) is 11.6. The van der Waals surface area contributed by atoms with E-state index in [2.05, 4.69) is 16.0 Å². The first-order valence-electron chi connectivity index (χ1n) is 6.57. The molecule has 102 valence electrons. The van der Waals surface area contributed by atoms with Crippen molar-refractivity contribution in [2.75, 3.05) is 7.11 Å². The highest BCUT2D eigenvalue weighted by molar-refractivity contribution is 5.80. The van der Waals surface area contributed by atoms with E-state index in [1.165, 1.54) is 0 Å². The van der Waals surface area contributed by atoms with Crippen LogP contribution in [0.4, 0.5) is 0 Å². The van der Waals surface area contributed by atoms with Gasteiger partial charge in [-0.05, 0) is 48.9 Å². The molecule has 1 unspecified atom stereocenters. The number of imidazole rings is 1. The third-order valence-corrected chi connectivity index (χ3v) is 3.40. The lowest BCUT2D eigenvalue weighted by Crippen LogP contribution is -2.04. The molecule has 1 heterocycles. The summed E-state index contributed by atoms with van der Waals surface area (Å²) < 4.78 is 5.16. The molecule has 20 heavy (non-hydrogen) atoms. The standard InChI is InChI=1S/C16H17N3O/c1-10(17)12-5-8-14-15(9-12)19-16(18-14)11-3-6-13(20-2)7-4-11/h3-10H,17H2,1-2H3,(H,18,19). The van der Waals surface area contributed by atoms with E-state index in [1.807, 2.05) is 43.3 Å². The van der Waals surface area contributed by atoms with Gasteiger partial charge in [-0.15, -0.1) is 0 Å². The maximum Gasteiger partial charge on any atom is 0.138 e. The second-order valence-corrected chi connectivity index (χ2v) is 4.88. The first-order chi connectivity index (χ1) is 9.67. The second kappa shape index (κ2) is 4.98. The number of rotatable bonds is 3. The zero-order chi connectivity index (χ0) is 14.1. The minimum Gasteiger partial charge on any atom is -0.497 e. The monoisotopic (exact) mass is 267 g/mol. The molecular weight excluding hydrogens is 250 g/mol. The number of ether oxygens (including phenoxy) is 1. The van der Waals surface area contributed by atoms with E-state index in [-0.39, 0.29) is 6.04 Å². The Morgan fingerprint density at radius 2 is 1.90 bits per heavy atom. The highest BCUT2D eigenvalue weighted by Gasteiger charge is 2.07. The molecule has 0 radical (unpaired) electrons. The molecule has 3 N–H and O–H groups in total. The van der Waals surface area contributed by atoms with Crippen LogP contribution >= 0.6 is 0 Å². The van der Waals surface area contributed by atoms with Crippen molar-refractivity contribution in [1.82, 2.24) is 9.97 Å². The highest BCUT2D eigenvalue weighted by Crippen LogP contribution is 2.24. The largest absolute Gasteiger partial charge is 0.497 e. The number of hydrogen-bond acceptors (Lipinski definition) is 3. The molecule has 1 aromatic heterocycles. The van der Waals surface area contributed by atoms with Crippen molar-refractivity contribution >= 4 is 11.0 Å². The average Bonchev–Trinajstić information content (AvgIpc) is 2.90. The summed E-state index contributed by atoms with van der Waals surface area (Å²) >= 11 is 0. The molecule has 0 spiro atoms. The molecule has 0 bridgehead atoms. The Balaban J connectivity index is 2.03. The molecular formula is C16H17N3O. The lowest BCUT2D eigenvalue weighted by atomic mass is 10.1. The molecule has 0 amide bonds. The number of aromatic nitrogens is 2. The summed E-state index contributed by atoms with van der Waals surface area (Å²) in [5.41, 5.74) is 9.99. The molecule has 0 aliphatic rings. The van der Waals surface area contributed by atoms with Crippen molar-refractivity contribution in [2.45, 2.75) is 13.0 Å². The van der Waals surface area contributed by atoms with Crippen LogP contribution in [-0.2, 0) is 0 Å². The number of nitrogens with one attached hydrogen (secondary N) is 1. The summed E-state index contributed by atoms with van der Waals surface area (Å²) in [6, 6.07) is 13.9. The fourth-order valence-corrected chi connectivity index (χ4v) is 2.20. The van der Waals surface area contributed by atoms with Gasteiger partial charge in [0.2, 0.25) is 0 Å². The first kappa shape index (κ1) is 12.7. The molecule has 2 aromatic carbocycles. The average molecular weight is 267 g/mol. The first-order valence-corrected chi connectivity index (χ1v) is 6.57. The minimum atomic E-state index is 0.0205. The van der Waals surface area contributed by atoms with Crippen molar-refractivity contribution in [2.24, 2.45) is 5.73 Å². The summed E-state index contributed by atoms with van der Waals surface area (Å²) in [4.78, 5) is 7.94. The predicted molar refractivity (Wildman–Crippen MR) is 80.7 cm³/mol. The van der Waals surface area contributed by atoms with Gasteiger partial charge in [-0.25, -0.2) is 4.98 Å². The van der Waals surface area contributed by atoms with Crippen LogP contribution in [0.3, 0.4) is 0 Å². The van der Waals surface area contributed by atoms with E-state index in [0.29, 0.717) is 0 Å². The maximum absolute atomic E-state index is 5.91. The van der Waals surface area contributed by atoms with Gasteiger partial charge < -0.3 is 15.5 Å². The van der Waals surface area contributed by atoms with Crippen molar-refractivity contribution in [3.63, 3.8) is 0 Å². The van der Waals surface area contributed by atoms with Gasteiger partial charge in [0.25, 0.3) is 0 Å². The minimum absolute atomic E-state index is 0.0205. The third kappa shape index (κ3) is 2.26. The molecule has 0 aliphatic carbocycles. The van der Waals surface area contributed by atoms with Crippen LogP contribution in [0.15, 0.2) is 42.5 Å². The molecule has 3 aromatic rings. The smallest absolute Gasteiger partial charge is 0.138 e. The van der Waals surface area contributed by atoms with Gasteiger partial charge >= 0.3 is 0 Å². The Labute approximate surface area is 117 Å². The van der Waals surface area contributed by atoms with Gasteiger partial charge in [-0.3, -0.25) is 0 Å². The van der Waals surface area contributed by atoms with Crippen molar-refractivity contribution in [3.05, 3.63) is 48.0 Å². The summed E-state index contributed by atoms with van der Waals surface area (Å²) in [5.74, 6) is 1.69. The second-order valence-electron chi connectivity index (χ2n) is 4.88. The lowest BCUT2D eigenvalue weighted by Gasteiger charge is -2.03. The van der Waals surface area contributed by atoms with Crippen LogP contribution in [0.25, 0.3) is 22.4 Å². The number of nitrogens with zero attached hydrogens (tertiary/aromatic N) is 1. The van der Waals surface area contributed by atoms with E-state index < -0.39 is 0 Å². The van der Waals surface area contributed by atoms with E-state index >= 15 is 0 Å². The summed E-state index contributed by atoms with van der Waals surface area (Å²) in [6.07, 6.45) is 0. The number of fused-ring (bicyclic) bond motifs is 1. The van der Waals surface area contributed by atoms with Gasteiger partial charge in [0.15, 0.2) is 0 Å². The summed E-state index contributed by atoms with van der Waals surface area (Å²) in [7, 11) is 1.66. The third-order valence-electron chi connectivity index (χ3n) is 3.40. The topological polar surface area (TPSA) is 63.9 Å². The van der Waals surface area contributed by atoms with E-state index in [0.717, 1.165) is 33.7 Å². The van der Waals surface area contributed by atoms with Crippen LogP contribution in [0.5, 0.6) is 5.75 Å². The molecule has 4 nitrogen and oxygen atoms in total. The molecule has 4 heteroatoms. The fourth-order valence-electron chi connectivity index (χ4n) is 2.20. The summed E-state index contributed by atoms with van der Waals surface area (Å²) in [6.45, 7) is 1.97. The Morgan fingerprint density at radius 1 is 1.15 bits per heavy atom. The predicted octanol–water partition coefficient (Wildman–Crippen LogP) is 3.26. The normalized spacial score (nSPS) is 12.6. The highest BCUT2D eigenvalue weighted by atomic mass is 16.5. The van der Waals surface area contributed by atoms with Gasteiger partial charge in [0.1, 0.15) is 11.6 Å². The Kier molecular flexibility index (Phi) is 3.16. The van der Waals surface area contributed by atoms with Gasteiger partial charge in [0, 0.05) is 11.6 Å². The molecule has 0 saturated heterocycles. The quantitative estimate of drug-likeness (QED) is 0.765. The Morgan fingerprint density at radius 3 is 2.55 bits per heavy atom. The molecule has 0 fully saturated rings. The Bertz CT molecular complexity index is 729. The summed E-state index contributed by atoms with van der Waals surface area (Å²) in [5, 5.41) is 0. The number of aromatic amines is 1. The maximum atomic E-state index is 5.91. The van der Waals surface area contributed by atoms with Gasteiger partial charge in [-0.2, -0.15) is 0 Å². The van der Waals surface area contributed by atoms with Crippen molar-refractivity contribution < 1.29 is 4.74 Å².